The summed E-state index contributed by atoms with van der Waals surface area (Å²) in [5, 5.41) is 2.13. The van der Waals surface area contributed by atoms with Crippen molar-refractivity contribution in [3.63, 3.8) is 0 Å². The quantitative estimate of drug-likeness (QED) is 0.707. The van der Waals surface area contributed by atoms with Gasteiger partial charge in [-0.1, -0.05) is 36.4 Å². The average molecular weight is 362 g/mol. The summed E-state index contributed by atoms with van der Waals surface area (Å²) in [6, 6.07) is 18.4. The minimum atomic E-state index is -0.250. The van der Waals surface area contributed by atoms with Crippen LogP contribution in [-0.2, 0) is 4.74 Å². The molecule has 4 nitrogen and oxygen atoms in total. The smallest absolute Gasteiger partial charge is 0.260 e. The Labute approximate surface area is 156 Å². The highest BCUT2D eigenvalue weighted by Gasteiger charge is 2.32. The first kappa shape index (κ1) is 16.4. The van der Waals surface area contributed by atoms with Crippen molar-refractivity contribution >= 4 is 22.4 Å². The maximum Gasteiger partial charge on any atom is 0.260 e. The Morgan fingerprint density at radius 2 is 1.81 bits per heavy atom. The number of amides is 1. The molecule has 0 radical (unpaired) electrons. The summed E-state index contributed by atoms with van der Waals surface area (Å²) in [6.45, 7) is 2.53. The fraction of sp³-hybridized carbons (Fsp3) is 0.227. The van der Waals surface area contributed by atoms with Crippen LogP contribution in [0.15, 0.2) is 60.7 Å². The van der Waals surface area contributed by atoms with Gasteiger partial charge >= 0.3 is 0 Å². The first-order chi connectivity index (χ1) is 13.2. The number of rotatable bonds is 3. The number of carbonyl (C=O) groups excluding carboxylic acids is 1. The molecular weight excluding hydrogens is 343 g/mol. The SMILES string of the molecule is O=C1c2cccc3cccc(c23)N1CN1CCO[C@H](c2ccc(F)cc2)C1. The standard InChI is InChI=1S/C22H19FN2O2/c23-17-9-7-15(8-10-17)20-13-24(11-12-27-20)14-25-19-6-2-4-16-3-1-5-18(21(16)19)22(25)26/h1-10,20H,11-14H2/t20-/m0/s1. The van der Waals surface area contributed by atoms with E-state index >= 15 is 0 Å². The minimum Gasteiger partial charge on any atom is -0.371 e. The fourth-order valence-corrected chi connectivity index (χ4v) is 4.03. The molecule has 1 fully saturated rings. The van der Waals surface area contributed by atoms with Crippen LogP contribution in [0.4, 0.5) is 10.1 Å². The minimum absolute atomic E-state index is 0.0478. The van der Waals surface area contributed by atoms with Crippen molar-refractivity contribution in [3.05, 3.63) is 77.6 Å². The zero-order valence-electron chi connectivity index (χ0n) is 14.8. The second-order valence-electron chi connectivity index (χ2n) is 7.04. The largest absolute Gasteiger partial charge is 0.371 e. The molecule has 1 amide bonds. The van der Waals surface area contributed by atoms with Crippen molar-refractivity contribution in [1.29, 1.82) is 0 Å². The van der Waals surface area contributed by atoms with Gasteiger partial charge in [-0.15, -0.1) is 0 Å². The van der Waals surface area contributed by atoms with Crippen LogP contribution in [-0.4, -0.2) is 37.2 Å². The summed E-state index contributed by atoms with van der Waals surface area (Å²) < 4.78 is 19.1. The monoisotopic (exact) mass is 362 g/mol. The Kier molecular flexibility index (Phi) is 3.92. The molecule has 136 valence electrons. The molecule has 0 bridgehead atoms. The van der Waals surface area contributed by atoms with Crippen molar-refractivity contribution in [3.8, 4) is 0 Å². The number of carbonyl (C=O) groups is 1. The van der Waals surface area contributed by atoms with E-state index < -0.39 is 0 Å². The van der Waals surface area contributed by atoms with Gasteiger partial charge in [-0.2, -0.15) is 0 Å². The number of anilines is 1. The molecule has 2 heterocycles. The van der Waals surface area contributed by atoms with Gasteiger partial charge in [-0.3, -0.25) is 14.6 Å². The summed E-state index contributed by atoms with van der Waals surface area (Å²) in [4.78, 5) is 17.0. The maximum absolute atomic E-state index is 13.2. The molecule has 3 aromatic rings. The third-order valence-electron chi connectivity index (χ3n) is 5.38. The van der Waals surface area contributed by atoms with Crippen molar-refractivity contribution in [1.82, 2.24) is 4.90 Å². The third-order valence-corrected chi connectivity index (χ3v) is 5.38. The lowest BCUT2D eigenvalue weighted by atomic mass is 10.1. The Morgan fingerprint density at radius 1 is 1.04 bits per heavy atom. The predicted octanol–water partition coefficient (Wildman–Crippen LogP) is 3.97. The Morgan fingerprint density at radius 3 is 2.63 bits per heavy atom. The highest BCUT2D eigenvalue weighted by atomic mass is 19.1. The lowest BCUT2D eigenvalue weighted by Crippen LogP contribution is -2.46. The van der Waals surface area contributed by atoms with E-state index in [9.17, 15) is 9.18 Å². The van der Waals surface area contributed by atoms with Gasteiger partial charge in [-0.25, -0.2) is 4.39 Å². The van der Waals surface area contributed by atoms with Gasteiger partial charge in [0.1, 0.15) is 5.82 Å². The molecule has 5 heteroatoms. The molecule has 5 rings (SSSR count). The molecule has 0 aromatic heterocycles. The molecule has 2 aliphatic rings. The van der Waals surface area contributed by atoms with E-state index in [-0.39, 0.29) is 17.8 Å². The molecule has 1 saturated heterocycles. The normalized spacial score (nSPS) is 19.8. The number of nitrogens with zero attached hydrogens (tertiary/aromatic N) is 2. The highest BCUT2D eigenvalue weighted by Crippen LogP contribution is 2.37. The van der Waals surface area contributed by atoms with Gasteiger partial charge in [0.2, 0.25) is 0 Å². The van der Waals surface area contributed by atoms with E-state index in [4.69, 9.17) is 4.74 Å². The Balaban J connectivity index is 1.39. The van der Waals surface area contributed by atoms with E-state index in [0.717, 1.165) is 34.1 Å². The fourth-order valence-electron chi connectivity index (χ4n) is 4.03. The van der Waals surface area contributed by atoms with Crippen LogP contribution in [0.1, 0.15) is 22.0 Å². The van der Waals surface area contributed by atoms with E-state index in [1.54, 1.807) is 12.1 Å². The van der Waals surface area contributed by atoms with Crippen LogP contribution in [0, 0.1) is 5.82 Å². The maximum atomic E-state index is 13.2. The van der Waals surface area contributed by atoms with Gasteiger partial charge in [-0.05, 0) is 35.2 Å². The van der Waals surface area contributed by atoms with Gasteiger partial charge in [0.05, 0.1) is 25.1 Å². The molecule has 2 aliphatic heterocycles. The molecule has 0 unspecified atom stereocenters. The Bertz CT molecular complexity index is 1010. The lowest BCUT2D eigenvalue weighted by Gasteiger charge is -2.35. The lowest BCUT2D eigenvalue weighted by molar-refractivity contribution is -0.0294. The van der Waals surface area contributed by atoms with Crippen LogP contribution < -0.4 is 4.90 Å². The van der Waals surface area contributed by atoms with Gasteiger partial charge in [0.15, 0.2) is 0 Å². The van der Waals surface area contributed by atoms with Crippen LogP contribution >= 0.6 is 0 Å². The summed E-state index contributed by atoms with van der Waals surface area (Å²) in [5.41, 5.74) is 2.70. The van der Waals surface area contributed by atoms with E-state index in [0.29, 0.717) is 19.8 Å². The number of halogens is 1. The first-order valence-electron chi connectivity index (χ1n) is 9.14. The third kappa shape index (κ3) is 2.80. The van der Waals surface area contributed by atoms with Gasteiger partial charge < -0.3 is 4.74 Å². The second kappa shape index (κ2) is 6.44. The first-order valence-corrected chi connectivity index (χ1v) is 9.14. The zero-order valence-corrected chi connectivity index (χ0v) is 14.8. The molecule has 27 heavy (non-hydrogen) atoms. The second-order valence-corrected chi connectivity index (χ2v) is 7.04. The number of hydrogen-bond acceptors (Lipinski definition) is 3. The van der Waals surface area contributed by atoms with Gasteiger partial charge in [0.25, 0.3) is 5.91 Å². The molecular formula is C22H19FN2O2. The van der Waals surface area contributed by atoms with Crippen LogP contribution in [0.2, 0.25) is 0 Å². The van der Waals surface area contributed by atoms with Crippen LogP contribution in [0.3, 0.4) is 0 Å². The average Bonchev–Trinajstić information content (AvgIpc) is 2.97. The van der Waals surface area contributed by atoms with E-state index in [2.05, 4.69) is 4.90 Å². The molecule has 0 N–H and O–H groups in total. The Hall–Kier alpha value is -2.76. The van der Waals surface area contributed by atoms with Gasteiger partial charge in [0, 0.05) is 24.0 Å². The molecule has 1 atom stereocenters. The summed E-state index contributed by atoms with van der Waals surface area (Å²) >= 11 is 0. The molecule has 0 spiro atoms. The van der Waals surface area contributed by atoms with Crippen molar-refractivity contribution < 1.29 is 13.9 Å². The summed E-state index contributed by atoms with van der Waals surface area (Å²) in [5.74, 6) is -0.202. The molecule has 3 aromatic carbocycles. The molecule has 0 aliphatic carbocycles. The number of benzene rings is 3. The topological polar surface area (TPSA) is 32.8 Å². The predicted molar refractivity (Wildman–Crippen MR) is 102 cm³/mol. The van der Waals surface area contributed by atoms with E-state index in [1.807, 2.05) is 41.3 Å². The highest BCUT2D eigenvalue weighted by molar-refractivity contribution is 6.24. The van der Waals surface area contributed by atoms with Crippen molar-refractivity contribution in [2.45, 2.75) is 6.10 Å². The number of hydrogen-bond donors (Lipinski definition) is 0. The summed E-state index contributed by atoms with van der Waals surface area (Å²) in [6.07, 6.45) is -0.116. The zero-order chi connectivity index (χ0) is 18.4. The van der Waals surface area contributed by atoms with Crippen LogP contribution in [0.5, 0.6) is 0 Å². The van der Waals surface area contributed by atoms with Crippen molar-refractivity contribution in [2.75, 3.05) is 31.3 Å². The molecule has 0 saturated carbocycles. The van der Waals surface area contributed by atoms with E-state index in [1.165, 1.54) is 12.1 Å². The van der Waals surface area contributed by atoms with Crippen molar-refractivity contribution in [2.24, 2.45) is 0 Å². The summed E-state index contributed by atoms with van der Waals surface area (Å²) in [7, 11) is 0. The van der Waals surface area contributed by atoms with Crippen LogP contribution in [0.25, 0.3) is 10.8 Å². The number of ether oxygens (including phenoxy) is 1. The number of morpholine rings is 1.